The minimum absolute atomic E-state index is 0.0348. The lowest BCUT2D eigenvalue weighted by Gasteiger charge is -2.37. The fraction of sp³-hybridized carbons (Fsp3) is 0.385. The van der Waals surface area contributed by atoms with Crippen molar-refractivity contribution in [3.05, 3.63) is 65.7 Å². The van der Waals surface area contributed by atoms with Crippen LogP contribution in [-0.4, -0.2) is 71.1 Å². The minimum atomic E-state index is -0.0631. The zero-order valence-electron chi connectivity index (χ0n) is 20.7. The molecule has 2 fully saturated rings. The van der Waals surface area contributed by atoms with Crippen molar-refractivity contribution in [2.45, 2.75) is 37.0 Å². The van der Waals surface area contributed by atoms with Crippen LogP contribution in [-0.2, 0) is 0 Å². The van der Waals surface area contributed by atoms with Gasteiger partial charge in [0.15, 0.2) is 5.78 Å². The molecule has 37 heavy (non-hydrogen) atoms. The van der Waals surface area contributed by atoms with E-state index in [9.17, 15) is 4.79 Å². The van der Waals surface area contributed by atoms with Gasteiger partial charge in [0, 0.05) is 67.2 Å². The van der Waals surface area contributed by atoms with Gasteiger partial charge in [-0.2, -0.15) is 15.0 Å². The molecule has 2 aromatic carbocycles. The standard InChI is InChI=1S/C26H34N10O/c27-18-10-19(28)13-35(12-18)25-32-24(33-26(34-25)36-14-20(29)11-21(30)15-36)31-22-8-6-17(7-9-22)23(37)16-4-2-1-3-5-16/h1-9,18-21H,10-15,27-30H2,(H,31,32,33,34). The first-order chi connectivity index (χ1) is 17.8. The Bertz CT molecular complexity index is 1160. The number of piperidine rings is 2. The Hall–Kier alpha value is -3.64. The summed E-state index contributed by atoms with van der Waals surface area (Å²) in [6.07, 6.45) is 1.51. The molecule has 11 nitrogen and oxygen atoms in total. The Morgan fingerprint density at radius 2 is 1.14 bits per heavy atom. The van der Waals surface area contributed by atoms with Crippen molar-refractivity contribution in [2.24, 2.45) is 22.9 Å². The van der Waals surface area contributed by atoms with Gasteiger partial charge in [0.25, 0.3) is 0 Å². The van der Waals surface area contributed by atoms with E-state index in [1.165, 1.54) is 0 Å². The van der Waals surface area contributed by atoms with E-state index in [1.807, 2.05) is 40.1 Å². The number of nitrogens with zero attached hydrogens (tertiary/aromatic N) is 5. The molecule has 9 N–H and O–H groups in total. The van der Waals surface area contributed by atoms with Crippen LogP contribution in [0.3, 0.4) is 0 Å². The van der Waals surface area contributed by atoms with Gasteiger partial charge in [-0.15, -0.1) is 0 Å². The van der Waals surface area contributed by atoms with E-state index >= 15 is 0 Å². The predicted octanol–water partition coefficient (Wildman–Crippen LogP) is 0.576. The van der Waals surface area contributed by atoms with Crippen molar-refractivity contribution in [3.8, 4) is 0 Å². The van der Waals surface area contributed by atoms with Crippen molar-refractivity contribution >= 4 is 29.3 Å². The van der Waals surface area contributed by atoms with Crippen molar-refractivity contribution in [1.82, 2.24) is 15.0 Å². The highest BCUT2D eigenvalue weighted by molar-refractivity contribution is 6.09. The second kappa shape index (κ2) is 10.8. The van der Waals surface area contributed by atoms with Gasteiger partial charge >= 0.3 is 0 Å². The van der Waals surface area contributed by atoms with E-state index in [4.69, 9.17) is 27.9 Å². The third-order valence-electron chi connectivity index (χ3n) is 6.65. The van der Waals surface area contributed by atoms with Crippen LogP contribution in [0.2, 0.25) is 0 Å². The number of ketones is 1. The van der Waals surface area contributed by atoms with Gasteiger partial charge in [-0.25, -0.2) is 0 Å². The van der Waals surface area contributed by atoms with Crippen LogP contribution < -0.4 is 38.1 Å². The summed E-state index contributed by atoms with van der Waals surface area (Å²) < 4.78 is 0. The molecule has 0 bridgehead atoms. The van der Waals surface area contributed by atoms with E-state index < -0.39 is 0 Å². The van der Waals surface area contributed by atoms with Crippen LogP contribution in [0.5, 0.6) is 0 Å². The van der Waals surface area contributed by atoms with Gasteiger partial charge in [0.1, 0.15) is 0 Å². The number of carbonyl (C=O) groups excluding carboxylic acids is 1. The first kappa shape index (κ1) is 25.0. The van der Waals surface area contributed by atoms with Crippen molar-refractivity contribution in [1.29, 1.82) is 0 Å². The highest BCUT2D eigenvalue weighted by atomic mass is 16.1. The Balaban J connectivity index is 1.41. The molecule has 0 amide bonds. The van der Waals surface area contributed by atoms with Crippen LogP contribution >= 0.6 is 0 Å². The smallest absolute Gasteiger partial charge is 0.233 e. The quantitative estimate of drug-likeness (QED) is 0.298. The fourth-order valence-corrected chi connectivity index (χ4v) is 4.97. The molecular weight excluding hydrogens is 468 g/mol. The third kappa shape index (κ3) is 6.03. The summed E-state index contributed by atoms with van der Waals surface area (Å²) in [6, 6.07) is 16.2. The average Bonchev–Trinajstić information content (AvgIpc) is 2.88. The highest BCUT2D eigenvalue weighted by Crippen LogP contribution is 2.24. The zero-order chi connectivity index (χ0) is 25.9. The normalized spacial score (nSPS) is 24.1. The number of aromatic nitrogens is 3. The molecular formula is C26H34N10O. The molecule has 2 saturated heterocycles. The molecule has 2 aliphatic rings. The topological polar surface area (TPSA) is 178 Å². The largest absolute Gasteiger partial charge is 0.338 e. The Kier molecular flexibility index (Phi) is 7.28. The Labute approximate surface area is 216 Å². The van der Waals surface area contributed by atoms with Crippen molar-refractivity contribution < 1.29 is 4.79 Å². The van der Waals surface area contributed by atoms with Gasteiger partial charge in [-0.1, -0.05) is 30.3 Å². The number of nitrogens with two attached hydrogens (primary N) is 4. The molecule has 0 spiro atoms. The number of hydrogen-bond donors (Lipinski definition) is 5. The third-order valence-corrected chi connectivity index (χ3v) is 6.65. The molecule has 4 unspecified atom stereocenters. The average molecular weight is 503 g/mol. The lowest BCUT2D eigenvalue weighted by Crippen LogP contribution is -2.54. The van der Waals surface area contributed by atoms with E-state index in [0.29, 0.717) is 55.2 Å². The predicted molar refractivity (Wildman–Crippen MR) is 145 cm³/mol. The molecule has 5 rings (SSSR count). The molecule has 4 atom stereocenters. The lowest BCUT2D eigenvalue weighted by molar-refractivity contribution is 0.103. The number of anilines is 4. The first-order valence-electron chi connectivity index (χ1n) is 12.6. The van der Waals surface area contributed by atoms with Gasteiger partial charge in [-0.3, -0.25) is 4.79 Å². The number of rotatable bonds is 6. The second-order valence-corrected chi connectivity index (χ2v) is 9.98. The van der Waals surface area contributed by atoms with Gasteiger partial charge in [0.2, 0.25) is 17.8 Å². The van der Waals surface area contributed by atoms with Crippen LogP contribution in [0.25, 0.3) is 0 Å². The number of nitrogens with one attached hydrogen (secondary N) is 1. The number of benzene rings is 2. The first-order valence-corrected chi connectivity index (χ1v) is 12.6. The van der Waals surface area contributed by atoms with Crippen LogP contribution in [0.4, 0.5) is 23.5 Å². The molecule has 1 aromatic heterocycles. The molecule has 0 saturated carbocycles. The van der Waals surface area contributed by atoms with Gasteiger partial charge in [0.05, 0.1) is 0 Å². The monoisotopic (exact) mass is 502 g/mol. The van der Waals surface area contributed by atoms with E-state index in [0.717, 1.165) is 18.5 Å². The molecule has 0 aliphatic carbocycles. The van der Waals surface area contributed by atoms with E-state index in [2.05, 4.69) is 15.3 Å². The molecule has 11 heteroatoms. The maximum absolute atomic E-state index is 12.8. The molecule has 0 radical (unpaired) electrons. The molecule has 194 valence electrons. The lowest BCUT2D eigenvalue weighted by atomic mass is 10.0. The summed E-state index contributed by atoms with van der Waals surface area (Å²) in [5.41, 5.74) is 26.9. The molecule has 2 aliphatic heterocycles. The maximum Gasteiger partial charge on any atom is 0.233 e. The second-order valence-electron chi connectivity index (χ2n) is 9.98. The van der Waals surface area contributed by atoms with Crippen molar-refractivity contribution in [2.75, 3.05) is 41.3 Å². The zero-order valence-corrected chi connectivity index (χ0v) is 20.7. The number of carbonyl (C=O) groups is 1. The fourth-order valence-electron chi connectivity index (χ4n) is 4.97. The van der Waals surface area contributed by atoms with E-state index in [1.54, 1.807) is 24.3 Å². The highest BCUT2D eigenvalue weighted by Gasteiger charge is 2.28. The van der Waals surface area contributed by atoms with Gasteiger partial charge in [-0.05, 0) is 37.1 Å². The maximum atomic E-state index is 12.8. The van der Waals surface area contributed by atoms with Crippen LogP contribution in [0.1, 0.15) is 28.8 Å². The summed E-state index contributed by atoms with van der Waals surface area (Å²) in [7, 11) is 0. The summed E-state index contributed by atoms with van der Waals surface area (Å²) in [5, 5.41) is 3.26. The van der Waals surface area contributed by atoms with Crippen LogP contribution in [0.15, 0.2) is 54.6 Å². The van der Waals surface area contributed by atoms with Gasteiger partial charge < -0.3 is 38.1 Å². The Morgan fingerprint density at radius 1 is 0.676 bits per heavy atom. The van der Waals surface area contributed by atoms with Crippen molar-refractivity contribution in [3.63, 3.8) is 0 Å². The summed E-state index contributed by atoms with van der Waals surface area (Å²) in [5.74, 6) is 1.35. The minimum Gasteiger partial charge on any atom is -0.338 e. The summed E-state index contributed by atoms with van der Waals surface area (Å²) >= 11 is 0. The molecule has 3 aromatic rings. The van der Waals surface area contributed by atoms with Crippen LogP contribution in [0, 0.1) is 0 Å². The van der Waals surface area contributed by atoms with E-state index in [-0.39, 0.29) is 30.0 Å². The molecule has 3 heterocycles. The Morgan fingerprint density at radius 3 is 1.62 bits per heavy atom. The number of hydrogen-bond acceptors (Lipinski definition) is 11. The summed E-state index contributed by atoms with van der Waals surface area (Å²) in [4.78, 5) is 30.9. The summed E-state index contributed by atoms with van der Waals surface area (Å²) in [6.45, 7) is 2.41. The SMILES string of the molecule is NC1CC(N)CN(c2nc(Nc3ccc(C(=O)c4ccccc4)cc3)nc(N3CC(N)CC(N)C3)n2)C1.